The van der Waals surface area contributed by atoms with Gasteiger partial charge in [0.1, 0.15) is 0 Å². The number of rotatable bonds is 7. The van der Waals surface area contributed by atoms with Crippen molar-refractivity contribution in [1.82, 2.24) is 10.6 Å². The number of benzene rings is 1. The van der Waals surface area contributed by atoms with E-state index < -0.39 is 0 Å². The van der Waals surface area contributed by atoms with Crippen molar-refractivity contribution >= 4 is 5.91 Å². The van der Waals surface area contributed by atoms with Gasteiger partial charge in [-0.2, -0.15) is 0 Å². The molecule has 0 saturated heterocycles. The second-order valence-corrected chi connectivity index (χ2v) is 4.12. The summed E-state index contributed by atoms with van der Waals surface area (Å²) in [6.45, 7) is 6.07. The van der Waals surface area contributed by atoms with E-state index in [4.69, 9.17) is 0 Å². The van der Waals surface area contributed by atoms with E-state index in [-0.39, 0.29) is 5.91 Å². The van der Waals surface area contributed by atoms with Crippen LogP contribution in [0.5, 0.6) is 0 Å². The molecule has 94 valence electrons. The van der Waals surface area contributed by atoms with Crippen LogP contribution in [-0.4, -0.2) is 19.0 Å². The van der Waals surface area contributed by atoms with Crippen LogP contribution >= 0.6 is 0 Å². The van der Waals surface area contributed by atoms with Crippen LogP contribution in [0.3, 0.4) is 0 Å². The van der Waals surface area contributed by atoms with Gasteiger partial charge in [-0.15, -0.1) is 0 Å². The van der Waals surface area contributed by atoms with Gasteiger partial charge in [-0.1, -0.05) is 38.1 Å². The Labute approximate surface area is 104 Å². The first-order valence-corrected chi connectivity index (χ1v) is 6.31. The molecular formula is C14H22N2O. The molecule has 0 unspecified atom stereocenters. The van der Waals surface area contributed by atoms with E-state index in [9.17, 15) is 4.79 Å². The molecule has 0 bridgehead atoms. The third-order valence-corrected chi connectivity index (χ3v) is 2.62. The minimum atomic E-state index is 0.0667. The predicted molar refractivity (Wildman–Crippen MR) is 70.8 cm³/mol. The summed E-state index contributed by atoms with van der Waals surface area (Å²) in [5.74, 6) is 0.0667. The lowest BCUT2D eigenvalue weighted by atomic mass is 10.1. The van der Waals surface area contributed by atoms with Crippen LogP contribution in [0.25, 0.3) is 0 Å². The standard InChI is InChI=1S/C14H22N2O/c1-3-9-16-14(17)11-15-10-13-7-5-12(4-2)6-8-13/h5-8,15H,3-4,9-11H2,1-2H3,(H,16,17). The van der Waals surface area contributed by atoms with E-state index in [1.807, 2.05) is 6.92 Å². The molecule has 0 aliphatic rings. The Hall–Kier alpha value is -1.35. The maximum Gasteiger partial charge on any atom is 0.233 e. The van der Waals surface area contributed by atoms with Crippen molar-refractivity contribution in [2.75, 3.05) is 13.1 Å². The molecule has 3 nitrogen and oxygen atoms in total. The Balaban J connectivity index is 2.23. The minimum absolute atomic E-state index is 0.0667. The monoisotopic (exact) mass is 234 g/mol. The third-order valence-electron chi connectivity index (χ3n) is 2.62. The molecule has 0 heterocycles. The number of carbonyl (C=O) groups is 1. The molecule has 0 saturated carbocycles. The van der Waals surface area contributed by atoms with Crippen LogP contribution in [-0.2, 0) is 17.8 Å². The SMILES string of the molecule is CCCNC(=O)CNCc1ccc(CC)cc1. The van der Waals surface area contributed by atoms with E-state index in [0.29, 0.717) is 6.54 Å². The largest absolute Gasteiger partial charge is 0.355 e. The third kappa shape index (κ3) is 5.50. The summed E-state index contributed by atoms with van der Waals surface area (Å²) in [6.07, 6.45) is 2.04. The average molecular weight is 234 g/mol. The molecule has 1 aromatic carbocycles. The summed E-state index contributed by atoms with van der Waals surface area (Å²) in [5.41, 5.74) is 2.56. The number of hydrogen-bond acceptors (Lipinski definition) is 2. The smallest absolute Gasteiger partial charge is 0.233 e. The lowest BCUT2D eigenvalue weighted by Crippen LogP contribution is -2.33. The van der Waals surface area contributed by atoms with Crippen LogP contribution in [0, 0.1) is 0 Å². The summed E-state index contributed by atoms with van der Waals surface area (Å²) in [6, 6.07) is 8.48. The number of hydrogen-bond donors (Lipinski definition) is 2. The zero-order valence-corrected chi connectivity index (χ0v) is 10.8. The zero-order valence-electron chi connectivity index (χ0n) is 10.8. The van der Waals surface area contributed by atoms with Crippen molar-refractivity contribution in [3.8, 4) is 0 Å². The molecule has 17 heavy (non-hydrogen) atoms. The molecule has 0 radical (unpaired) electrons. The molecule has 0 spiro atoms. The van der Waals surface area contributed by atoms with Gasteiger partial charge >= 0.3 is 0 Å². The van der Waals surface area contributed by atoms with Crippen LogP contribution in [0.2, 0.25) is 0 Å². The first-order chi connectivity index (χ1) is 8.26. The molecule has 1 aromatic rings. The van der Waals surface area contributed by atoms with Gasteiger partial charge < -0.3 is 10.6 Å². The van der Waals surface area contributed by atoms with Gasteiger partial charge in [0, 0.05) is 13.1 Å². The lowest BCUT2D eigenvalue weighted by Gasteiger charge is -2.06. The highest BCUT2D eigenvalue weighted by Gasteiger charge is 1.99. The topological polar surface area (TPSA) is 41.1 Å². The minimum Gasteiger partial charge on any atom is -0.355 e. The van der Waals surface area contributed by atoms with Crippen molar-refractivity contribution in [3.05, 3.63) is 35.4 Å². The molecule has 1 amide bonds. The van der Waals surface area contributed by atoms with E-state index >= 15 is 0 Å². The first kappa shape index (κ1) is 13.7. The number of amides is 1. The number of carbonyl (C=O) groups excluding carboxylic acids is 1. The van der Waals surface area contributed by atoms with E-state index in [0.717, 1.165) is 25.9 Å². The first-order valence-electron chi connectivity index (χ1n) is 6.31. The highest BCUT2D eigenvalue weighted by atomic mass is 16.1. The zero-order chi connectivity index (χ0) is 12.5. The van der Waals surface area contributed by atoms with Crippen molar-refractivity contribution in [1.29, 1.82) is 0 Å². The lowest BCUT2D eigenvalue weighted by molar-refractivity contribution is -0.120. The van der Waals surface area contributed by atoms with Crippen molar-refractivity contribution in [3.63, 3.8) is 0 Å². The summed E-state index contributed by atoms with van der Waals surface area (Å²) in [5, 5.41) is 5.97. The molecular weight excluding hydrogens is 212 g/mol. The molecule has 1 rings (SSSR count). The molecule has 2 N–H and O–H groups in total. The fourth-order valence-electron chi connectivity index (χ4n) is 1.54. The maximum atomic E-state index is 11.3. The second kappa shape index (κ2) is 7.85. The Kier molecular flexibility index (Phi) is 6.33. The van der Waals surface area contributed by atoms with Crippen LogP contribution in [0.1, 0.15) is 31.4 Å². The van der Waals surface area contributed by atoms with E-state index in [1.165, 1.54) is 11.1 Å². The molecule has 0 fully saturated rings. The van der Waals surface area contributed by atoms with Crippen LogP contribution < -0.4 is 10.6 Å². The van der Waals surface area contributed by atoms with Gasteiger partial charge in [0.15, 0.2) is 0 Å². The van der Waals surface area contributed by atoms with E-state index in [1.54, 1.807) is 0 Å². The summed E-state index contributed by atoms with van der Waals surface area (Å²) < 4.78 is 0. The predicted octanol–water partition coefficient (Wildman–Crippen LogP) is 1.86. The Morgan fingerprint density at radius 1 is 1.12 bits per heavy atom. The maximum absolute atomic E-state index is 11.3. The number of aryl methyl sites for hydroxylation is 1. The molecule has 0 aliphatic heterocycles. The fourth-order valence-corrected chi connectivity index (χ4v) is 1.54. The molecule has 0 aromatic heterocycles. The van der Waals surface area contributed by atoms with Crippen molar-refractivity contribution < 1.29 is 4.79 Å². The Bertz CT molecular complexity index is 333. The van der Waals surface area contributed by atoms with Crippen LogP contribution in [0.15, 0.2) is 24.3 Å². The van der Waals surface area contributed by atoms with Gasteiger partial charge in [0.2, 0.25) is 5.91 Å². The van der Waals surface area contributed by atoms with Crippen molar-refractivity contribution in [2.24, 2.45) is 0 Å². The van der Waals surface area contributed by atoms with Gasteiger partial charge in [-0.05, 0) is 24.0 Å². The summed E-state index contributed by atoms with van der Waals surface area (Å²) in [7, 11) is 0. The Morgan fingerprint density at radius 3 is 2.35 bits per heavy atom. The van der Waals surface area contributed by atoms with Crippen LogP contribution in [0.4, 0.5) is 0 Å². The van der Waals surface area contributed by atoms with Crippen molar-refractivity contribution in [2.45, 2.75) is 33.2 Å². The quantitative estimate of drug-likeness (QED) is 0.756. The normalized spacial score (nSPS) is 10.2. The van der Waals surface area contributed by atoms with Gasteiger partial charge in [0.05, 0.1) is 6.54 Å². The highest BCUT2D eigenvalue weighted by molar-refractivity contribution is 5.77. The second-order valence-electron chi connectivity index (χ2n) is 4.12. The summed E-state index contributed by atoms with van der Waals surface area (Å²) in [4.78, 5) is 11.3. The molecule has 3 heteroatoms. The van der Waals surface area contributed by atoms with Gasteiger partial charge in [0.25, 0.3) is 0 Å². The van der Waals surface area contributed by atoms with E-state index in [2.05, 4.69) is 41.8 Å². The molecule has 0 atom stereocenters. The highest BCUT2D eigenvalue weighted by Crippen LogP contribution is 2.04. The fraction of sp³-hybridized carbons (Fsp3) is 0.500. The Morgan fingerprint density at radius 2 is 1.76 bits per heavy atom. The van der Waals surface area contributed by atoms with Gasteiger partial charge in [-0.3, -0.25) is 4.79 Å². The average Bonchev–Trinajstić information content (AvgIpc) is 2.37. The summed E-state index contributed by atoms with van der Waals surface area (Å²) >= 11 is 0. The van der Waals surface area contributed by atoms with Gasteiger partial charge in [-0.25, -0.2) is 0 Å². The molecule has 0 aliphatic carbocycles. The number of nitrogens with one attached hydrogen (secondary N) is 2.